The fraction of sp³-hybridized carbons (Fsp3) is 0.500. The molecule has 0 spiro atoms. The molecule has 0 bridgehead atoms. The Hall–Kier alpha value is -1.33. The highest BCUT2D eigenvalue weighted by Crippen LogP contribution is 2.16. The van der Waals surface area contributed by atoms with Crippen molar-refractivity contribution in [3.63, 3.8) is 0 Å². The van der Waals surface area contributed by atoms with E-state index in [2.05, 4.69) is 10.3 Å². The first-order valence-corrected chi connectivity index (χ1v) is 6.31. The van der Waals surface area contributed by atoms with Crippen LogP contribution in [0.4, 0.5) is 5.82 Å². The van der Waals surface area contributed by atoms with Gasteiger partial charge in [-0.15, -0.1) is 0 Å². The number of hydrogen-bond donors (Lipinski definition) is 2. The molecule has 0 saturated carbocycles. The molecule has 1 aromatic rings. The van der Waals surface area contributed by atoms with Crippen molar-refractivity contribution in [3.8, 4) is 0 Å². The summed E-state index contributed by atoms with van der Waals surface area (Å²) in [5.74, 6) is 0.420. The number of aliphatic hydroxyl groups excluding tert-OH is 1. The number of aromatic nitrogens is 1. The van der Waals surface area contributed by atoms with Gasteiger partial charge >= 0.3 is 0 Å². The summed E-state index contributed by atoms with van der Waals surface area (Å²) < 4.78 is 0. The molecular weight excluding hydrogens is 254 g/mol. The molecule has 1 rings (SSSR count). The molecule has 100 valence electrons. The smallest absolute Gasteiger partial charge is 0.254 e. The molecule has 0 aliphatic rings. The molecular formula is C12H18ClN3O2. The van der Waals surface area contributed by atoms with Gasteiger partial charge in [0.05, 0.1) is 6.61 Å². The lowest BCUT2D eigenvalue weighted by atomic mass is 10.2. The lowest BCUT2D eigenvalue weighted by Crippen LogP contribution is -2.33. The first-order valence-electron chi connectivity index (χ1n) is 5.94. The molecule has 0 atom stereocenters. The highest BCUT2D eigenvalue weighted by Gasteiger charge is 2.15. The molecule has 1 heterocycles. The molecule has 1 amide bonds. The second-order valence-electron chi connectivity index (χ2n) is 3.70. The Kier molecular flexibility index (Phi) is 5.88. The maximum Gasteiger partial charge on any atom is 0.254 e. The Balaban J connectivity index is 2.96. The van der Waals surface area contributed by atoms with E-state index in [1.54, 1.807) is 11.0 Å². The zero-order valence-electron chi connectivity index (χ0n) is 10.6. The van der Waals surface area contributed by atoms with Crippen LogP contribution in [0.3, 0.4) is 0 Å². The summed E-state index contributed by atoms with van der Waals surface area (Å²) >= 11 is 5.88. The third-order valence-corrected chi connectivity index (χ3v) is 2.63. The third kappa shape index (κ3) is 3.85. The molecule has 0 saturated heterocycles. The first-order chi connectivity index (χ1) is 8.62. The topological polar surface area (TPSA) is 65.5 Å². The number of hydrogen-bond acceptors (Lipinski definition) is 4. The van der Waals surface area contributed by atoms with Gasteiger partial charge in [0.25, 0.3) is 5.91 Å². The van der Waals surface area contributed by atoms with Crippen LogP contribution in [0.25, 0.3) is 0 Å². The van der Waals surface area contributed by atoms with E-state index in [4.69, 9.17) is 16.7 Å². The van der Waals surface area contributed by atoms with Crippen molar-refractivity contribution in [2.45, 2.75) is 13.8 Å². The molecule has 2 N–H and O–H groups in total. The number of anilines is 1. The summed E-state index contributed by atoms with van der Waals surface area (Å²) in [4.78, 5) is 17.8. The van der Waals surface area contributed by atoms with E-state index in [-0.39, 0.29) is 17.7 Å². The number of rotatable bonds is 6. The molecule has 0 aliphatic heterocycles. The third-order valence-electron chi connectivity index (χ3n) is 2.44. The Morgan fingerprint density at radius 2 is 2.22 bits per heavy atom. The van der Waals surface area contributed by atoms with E-state index in [0.717, 1.165) is 0 Å². The average molecular weight is 272 g/mol. The van der Waals surface area contributed by atoms with Gasteiger partial charge < -0.3 is 15.3 Å². The van der Waals surface area contributed by atoms with Crippen LogP contribution < -0.4 is 5.32 Å². The highest BCUT2D eigenvalue weighted by molar-refractivity contribution is 6.29. The standard InChI is InChI=1S/C12H18ClN3O2/c1-3-14-11-8-9(7-10(13)15-11)12(18)16(4-2)5-6-17/h7-8,17H,3-6H2,1-2H3,(H,14,15). The Morgan fingerprint density at radius 1 is 1.50 bits per heavy atom. The monoisotopic (exact) mass is 271 g/mol. The number of carbonyl (C=O) groups is 1. The van der Waals surface area contributed by atoms with Crippen LogP contribution in [0.1, 0.15) is 24.2 Å². The largest absolute Gasteiger partial charge is 0.395 e. The molecule has 0 radical (unpaired) electrons. The van der Waals surface area contributed by atoms with Crippen molar-refractivity contribution in [2.24, 2.45) is 0 Å². The number of pyridine rings is 1. The van der Waals surface area contributed by atoms with Crippen LogP contribution >= 0.6 is 11.6 Å². The van der Waals surface area contributed by atoms with Crippen LogP contribution in [-0.4, -0.2) is 47.1 Å². The van der Waals surface area contributed by atoms with Gasteiger partial charge in [0.2, 0.25) is 0 Å². The quantitative estimate of drug-likeness (QED) is 0.772. The summed E-state index contributed by atoms with van der Waals surface area (Å²) in [7, 11) is 0. The van der Waals surface area contributed by atoms with E-state index < -0.39 is 0 Å². The average Bonchev–Trinajstić information content (AvgIpc) is 2.35. The van der Waals surface area contributed by atoms with Crippen molar-refractivity contribution >= 4 is 23.3 Å². The lowest BCUT2D eigenvalue weighted by molar-refractivity contribution is 0.0732. The fourth-order valence-corrected chi connectivity index (χ4v) is 1.81. The minimum Gasteiger partial charge on any atom is -0.395 e. The van der Waals surface area contributed by atoms with Crippen molar-refractivity contribution in [3.05, 3.63) is 22.8 Å². The van der Waals surface area contributed by atoms with Crippen LogP contribution in [0, 0.1) is 0 Å². The Bertz CT molecular complexity index is 412. The summed E-state index contributed by atoms with van der Waals surface area (Å²) in [5.41, 5.74) is 0.473. The van der Waals surface area contributed by atoms with E-state index in [1.807, 2.05) is 13.8 Å². The molecule has 0 unspecified atom stereocenters. The lowest BCUT2D eigenvalue weighted by Gasteiger charge is -2.20. The molecule has 5 nitrogen and oxygen atoms in total. The number of nitrogens with one attached hydrogen (secondary N) is 1. The highest BCUT2D eigenvalue weighted by atomic mass is 35.5. The van der Waals surface area contributed by atoms with Gasteiger partial charge in [0.1, 0.15) is 11.0 Å². The SMILES string of the molecule is CCNc1cc(C(=O)N(CC)CCO)cc(Cl)n1. The maximum atomic E-state index is 12.2. The van der Waals surface area contributed by atoms with Gasteiger partial charge in [-0.25, -0.2) is 4.98 Å². The predicted octanol–water partition coefficient (Wildman–Crippen LogP) is 1.62. The normalized spacial score (nSPS) is 10.2. The van der Waals surface area contributed by atoms with Crippen LogP contribution in [0.5, 0.6) is 0 Å². The van der Waals surface area contributed by atoms with Gasteiger partial charge in [0.15, 0.2) is 0 Å². The second kappa shape index (κ2) is 7.18. The van der Waals surface area contributed by atoms with Gasteiger partial charge in [-0.05, 0) is 26.0 Å². The molecule has 18 heavy (non-hydrogen) atoms. The number of aliphatic hydroxyl groups is 1. The van der Waals surface area contributed by atoms with Crippen molar-refractivity contribution in [2.75, 3.05) is 31.6 Å². The van der Waals surface area contributed by atoms with E-state index >= 15 is 0 Å². The summed E-state index contributed by atoms with van der Waals surface area (Å²) in [6, 6.07) is 3.20. The second-order valence-corrected chi connectivity index (χ2v) is 4.09. The number of halogens is 1. The maximum absolute atomic E-state index is 12.2. The Morgan fingerprint density at radius 3 is 2.78 bits per heavy atom. The zero-order chi connectivity index (χ0) is 13.5. The van der Waals surface area contributed by atoms with Crippen LogP contribution in [0.2, 0.25) is 5.15 Å². The summed E-state index contributed by atoms with van der Waals surface area (Å²) in [6.45, 7) is 5.30. The number of carbonyl (C=O) groups excluding carboxylic acids is 1. The number of likely N-dealkylation sites (N-methyl/N-ethyl adjacent to an activating group) is 1. The molecule has 0 fully saturated rings. The number of amides is 1. The molecule has 0 aromatic carbocycles. The van der Waals surface area contributed by atoms with Gasteiger partial charge in [-0.2, -0.15) is 0 Å². The first kappa shape index (κ1) is 14.7. The summed E-state index contributed by atoms with van der Waals surface area (Å²) in [6.07, 6.45) is 0. The predicted molar refractivity (Wildman–Crippen MR) is 72.1 cm³/mol. The number of nitrogens with zero attached hydrogens (tertiary/aromatic N) is 2. The minimum atomic E-state index is -0.157. The zero-order valence-corrected chi connectivity index (χ0v) is 11.4. The van der Waals surface area contributed by atoms with Crippen LogP contribution in [0.15, 0.2) is 12.1 Å². The van der Waals surface area contributed by atoms with Crippen molar-refractivity contribution < 1.29 is 9.90 Å². The fourth-order valence-electron chi connectivity index (χ4n) is 1.60. The van der Waals surface area contributed by atoms with E-state index in [9.17, 15) is 4.79 Å². The van der Waals surface area contributed by atoms with Gasteiger partial charge in [-0.3, -0.25) is 4.79 Å². The Labute approximate surface area is 112 Å². The molecule has 1 aromatic heterocycles. The summed E-state index contributed by atoms with van der Waals surface area (Å²) in [5, 5.41) is 12.2. The van der Waals surface area contributed by atoms with Crippen molar-refractivity contribution in [1.29, 1.82) is 0 Å². The molecule has 0 aliphatic carbocycles. The van der Waals surface area contributed by atoms with Gasteiger partial charge in [0, 0.05) is 25.2 Å². The van der Waals surface area contributed by atoms with Crippen LogP contribution in [-0.2, 0) is 0 Å². The van der Waals surface area contributed by atoms with Crippen molar-refractivity contribution in [1.82, 2.24) is 9.88 Å². The van der Waals surface area contributed by atoms with Gasteiger partial charge in [-0.1, -0.05) is 11.6 Å². The molecule has 6 heteroatoms. The van der Waals surface area contributed by atoms with E-state index in [1.165, 1.54) is 6.07 Å². The van der Waals surface area contributed by atoms with E-state index in [0.29, 0.717) is 31.0 Å². The minimum absolute atomic E-state index is 0.0571.